The van der Waals surface area contributed by atoms with E-state index in [1.165, 1.54) is 17.0 Å². The lowest BCUT2D eigenvalue weighted by Gasteiger charge is -2.45. The highest BCUT2D eigenvalue weighted by atomic mass is 16.5. The molecule has 2 aliphatic rings. The molecule has 0 bridgehead atoms. The van der Waals surface area contributed by atoms with E-state index in [4.69, 9.17) is 9.47 Å². The molecule has 8 N–H and O–H groups in total. The molecule has 36 heavy (non-hydrogen) atoms. The van der Waals surface area contributed by atoms with E-state index in [-0.39, 0.29) is 31.5 Å². The normalized spacial score (nSPS) is 20.9. The summed E-state index contributed by atoms with van der Waals surface area (Å²) in [6.45, 7) is -0.0728. The van der Waals surface area contributed by atoms with Crippen molar-refractivity contribution in [2.24, 2.45) is 11.8 Å². The van der Waals surface area contributed by atoms with E-state index in [9.17, 15) is 45.6 Å². The Hall–Kier alpha value is -2.97. The van der Waals surface area contributed by atoms with Gasteiger partial charge in [0.2, 0.25) is 17.3 Å². The van der Waals surface area contributed by atoms with Gasteiger partial charge in [-0.15, -0.1) is 0 Å². The van der Waals surface area contributed by atoms with Crippen molar-refractivity contribution in [1.82, 2.24) is 4.90 Å². The molecule has 0 amide bonds. The van der Waals surface area contributed by atoms with Crippen LogP contribution in [0.5, 0.6) is 23.0 Å². The van der Waals surface area contributed by atoms with Crippen LogP contribution in [0.2, 0.25) is 0 Å². The minimum Gasteiger partial charge on any atom is -0.504 e. The first-order valence-electron chi connectivity index (χ1n) is 11.2. The van der Waals surface area contributed by atoms with Crippen LogP contribution in [0, 0.1) is 11.8 Å². The van der Waals surface area contributed by atoms with Gasteiger partial charge in [-0.05, 0) is 12.8 Å². The number of carbonyl (C=O) groups is 1. The van der Waals surface area contributed by atoms with Gasteiger partial charge in [0, 0.05) is 24.6 Å². The molecule has 196 valence electrons. The summed E-state index contributed by atoms with van der Waals surface area (Å²) >= 11 is 0. The predicted molar refractivity (Wildman–Crippen MR) is 121 cm³/mol. The van der Waals surface area contributed by atoms with Gasteiger partial charge in [-0.2, -0.15) is 0 Å². The summed E-state index contributed by atoms with van der Waals surface area (Å²) in [5.74, 6) is -16.0. The number of Topliss-reactive ketones (excluding diaryl/α,β-unsaturated/α-hetero) is 1. The van der Waals surface area contributed by atoms with E-state index >= 15 is 0 Å². The molecule has 1 unspecified atom stereocenters. The number of ketones is 1. The summed E-state index contributed by atoms with van der Waals surface area (Å²) in [5.41, 5.74) is -1.37. The van der Waals surface area contributed by atoms with Crippen LogP contribution in [0.15, 0.2) is 30.3 Å². The van der Waals surface area contributed by atoms with Crippen molar-refractivity contribution < 1.29 is 55.1 Å². The molecule has 0 aromatic heterocycles. The Kier molecular flexibility index (Phi) is 6.42. The lowest BCUT2D eigenvalue weighted by atomic mass is 9.77. The van der Waals surface area contributed by atoms with Gasteiger partial charge in [0.15, 0.2) is 23.1 Å². The molecule has 1 heterocycles. The number of fused-ring (bicyclic) bond motifs is 1. The molecule has 1 saturated heterocycles. The van der Waals surface area contributed by atoms with Crippen molar-refractivity contribution in [2.45, 2.75) is 30.3 Å². The summed E-state index contributed by atoms with van der Waals surface area (Å²) in [4.78, 5) is 14.6. The molecule has 2 aromatic rings. The Labute approximate surface area is 205 Å². The molecule has 2 aromatic carbocycles. The lowest BCUT2D eigenvalue weighted by Crippen LogP contribution is -2.58. The molecule has 0 spiro atoms. The smallest absolute Gasteiger partial charge is 0.253 e. The van der Waals surface area contributed by atoms with Crippen molar-refractivity contribution in [1.29, 1.82) is 0 Å². The number of likely N-dealkylation sites (tertiary alicyclic amines) is 1. The van der Waals surface area contributed by atoms with Crippen LogP contribution in [0.1, 0.15) is 34.3 Å². The Balaban J connectivity index is 1.64. The van der Waals surface area contributed by atoms with Gasteiger partial charge in [-0.3, -0.25) is 4.79 Å². The van der Waals surface area contributed by atoms with Crippen molar-refractivity contribution >= 4 is 5.78 Å². The molecule has 4 rings (SSSR count). The maximum atomic E-state index is 13.3. The second kappa shape index (κ2) is 8.85. The Morgan fingerprint density at radius 1 is 0.917 bits per heavy atom. The van der Waals surface area contributed by atoms with E-state index in [1.54, 1.807) is 18.2 Å². The standard InChI is InChI=1S/C24H29NO11/c1-35-19-16(26)14-15(18(28)20(19)36-2)23(31,32)21(17(14)27)22(29,30)12-8-10-25(11-9-12)24(33,34)13-6-4-3-5-7-13/h3-7,12,21,26,28-34H,8-11H2,1-2H3. The number of benzene rings is 2. The third kappa shape index (κ3) is 3.69. The fourth-order valence-electron chi connectivity index (χ4n) is 5.31. The second-order valence-electron chi connectivity index (χ2n) is 9.08. The first-order chi connectivity index (χ1) is 16.8. The maximum Gasteiger partial charge on any atom is 0.253 e. The van der Waals surface area contributed by atoms with E-state index < -0.39 is 69.2 Å². The molecule has 12 nitrogen and oxygen atoms in total. The zero-order chi connectivity index (χ0) is 26.6. The summed E-state index contributed by atoms with van der Waals surface area (Å²) in [7, 11) is 2.24. The number of nitrogens with zero attached hydrogens (tertiary/aromatic N) is 1. The van der Waals surface area contributed by atoms with Crippen LogP contribution < -0.4 is 9.47 Å². The van der Waals surface area contributed by atoms with Crippen molar-refractivity contribution in [2.75, 3.05) is 27.3 Å². The van der Waals surface area contributed by atoms with Gasteiger partial charge in [-0.1, -0.05) is 30.3 Å². The minimum absolute atomic E-state index is 0.0364. The quantitative estimate of drug-likeness (QED) is 0.180. The lowest BCUT2D eigenvalue weighted by molar-refractivity contribution is -0.321. The topological polar surface area (TPSA) is 201 Å². The average Bonchev–Trinajstić information content (AvgIpc) is 3.07. The minimum atomic E-state index is -3.30. The highest BCUT2D eigenvalue weighted by Gasteiger charge is 2.64. The van der Waals surface area contributed by atoms with Crippen LogP contribution in [0.25, 0.3) is 0 Å². The third-order valence-corrected chi connectivity index (χ3v) is 7.17. The van der Waals surface area contributed by atoms with Crippen molar-refractivity contribution in [3.05, 3.63) is 47.0 Å². The van der Waals surface area contributed by atoms with E-state index in [0.29, 0.717) is 0 Å². The van der Waals surface area contributed by atoms with Crippen molar-refractivity contribution in [3.8, 4) is 23.0 Å². The predicted octanol–water partition coefficient (Wildman–Crippen LogP) is -0.747. The fraction of sp³-hybridized carbons (Fsp3) is 0.458. The van der Waals surface area contributed by atoms with E-state index in [2.05, 4.69) is 0 Å². The number of hydrogen-bond acceptors (Lipinski definition) is 12. The van der Waals surface area contributed by atoms with Gasteiger partial charge >= 0.3 is 0 Å². The molecule has 1 aliphatic carbocycles. The summed E-state index contributed by atoms with van der Waals surface area (Å²) in [6, 6.07) is 8.03. The van der Waals surface area contributed by atoms with E-state index in [1.807, 2.05) is 0 Å². The Morgan fingerprint density at radius 3 is 1.97 bits per heavy atom. The van der Waals surface area contributed by atoms with Crippen LogP contribution >= 0.6 is 0 Å². The number of carbonyl (C=O) groups excluding carboxylic acids is 1. The number of aromatic hydroxyl groups is 2. The number of aliphatic hydroxyl groups is 6. The number of methoxy groups -OCH3 is 2. The van der Waals surface area contributed by atoms with Gasteiger partial charge in [0.25, 0.3) is 5.91 Å². The summed E-state index contributed by atoms with van der Waals surface area (Å²) < 4.78 is 9.95. The Bertz CT molecular complexity index is 1150. The van der Waals surface area contributed by atoms with Gasteiger partial charge in [0.05, 0.1) is 25.3 Å². The molecule has 1 aliphatic heterocycles. The average molecular weight is 507 g/mol. The first-order valence-corrected chi connectivity index (χ1v) is 11.2. The highest BCUT2D eigenvalue weighted by Crippen LogP contribution is 2.59. The number of rotatable bonds is 6. The number of phenolic OH excluding ortho intramolecular Hbond substituents is 2. The van der Waals surface area contributed by atoms with Crippen molar-refractivity contribution in [3.63, 3.8) is 0 Å². The SMILES string of the molecule is COc1c(O)c2c(c(O)c1OC)C(O)(O)C(C(O)(O)C1CCN(C(O)(O)c3ccccc3)CC1)C2=O. The molecule has 1 atom stereocenters. The van der Waals surface area contributed by atoms with Gasteiger partial charge in [0.1, 0.15) is 5.92 Å². The largest absolute Gasteiger partial charge is 0.504 e. The zero-order valence-corrected chi connectivity index (χ0v) is 19.6. The maximum absolute atomic E-state index is 13.3. The summed E-state index contributed by atoms with van der Waals surface area (Å²) in [5, 5.41) is 86.6. The first kappa shape index (κ1) is 26.1. The highest BCUT2D eigenvalue weighted by molar-refractivity contribution is 6.08. The molecular weight excluding hydrogens is 478 g/mol. The third-order valence-electron chi connectivity index (χ3n) is 7.17. The number of phenols is 2. The summed E-state index contributed by atoms with van der Waals surface area (Å²) in [6.07, 6.45) is -0.132. The van der Waals surface area contributed by atoms with Gasteiger partial charge < -0.3 is 50.3 Å². The number of ether oxygens (including phenoxy) is 2. The Morgan fingerprint density at radius 2 is 1.44 bits per heavy atom. The van der Waals surface area contributed by atoms with Gasteiger partial charge in [-0.25, -0.2) is 4.90 Å². The van der Waals surface area contributed by atoms with Crippen LogP contribution in [0.3, 0.4) is 0 Å². The van der Waals surface area contributed by atoms with Crippen LogP contribution in [0.4, 0.5) is 0 Å². The van der Waals surface area contributed by atoms with E-state index in [0.717, 1.165) is 14.2 Å². The molecule has 12 heteroatoms. The second-order valence-corrected chi connectivity index (χ2v) is 9.08. The fourth-order valence-corrected chi connectivity index (χ4v) is 5.31. The number of piperidine rings is 1. The molecular formula is C24H29NO11. The number of hydrogen-bond donors (Lipinski definition) is 8. The zero-order valence-electron chi connectivity index (χ0n) is 19.6. The van der Waals surface area contributed by atoms with Crippen LogP contribution in [-0.2, 0) is 11.7 Å². The molecule has 0 saturated carbocycles. The molecule has 1 fully saturated rings. The monoisotopic (exact) mass is 507 g/mol. The van der Waals surface area contributed by atoms with Crippen LogP contribution in [-0.4, -0.2) is 84.6 Å². The molecule has 0 radical (unpaired) electrons.